The van der Waals surface area contributed by atoms with E-state index in [4.69, 9.17) is 14.2 Å². The van der Waals surface area contributed by atoms with E-state index in [1.54, 1.807) is 61.8 Å². The van der Waals surface area contributed by atoms with Crippen molar-refractivity contribution in [1.29, 1.82) is 0 Å². The molecule has 126 valence electrons. The molecule has 0 fully saturated rings. The van der Waals surface area contributed by atoms with Crippen LogP contribution in [-0.4, -0.2) is 18.1 Å². The van der Waals surface area contributed by atoms with E-state index in [0.717, 1.165) is 5.56 Å². The van der Waals surface area contributed by atoms with Gasteiger partial charge >= 0.3 is 5.97 Å². The normalized spacial score (nSPS) is 10.3. The molecule has 2 aromatic carbocycles. The van der Waals surface area contributed by atoms with Gasteiger partial charge in [-0.05, 0) is 48.0 Å². The molecule has 0 radical (unpaired) electrons. The molecule has 0 N–H and O–H groups in total. The number of carbonyl (C=O) groups is 1. The van der Waals surface area contributed by atoms with Crippen molar-refractivity contribution in [3.8, 4) is 17.4 Å². The highest BCUT2D eigenvalue weighted by Gasteiger charge is 2.09. The lowest BCUT2D eigenvalue weighted by Gasteiger charge is -2.08. The Morgan fingerprint density at radius 2 is 1.76 bits per heavy atom. The molecule has 0 aliphatic heterocycles. The second-order valence-electron chi connectivity index (χ2n) is 5.26. The van der Waals surface area contributed by atoms with E-state index in [-0.39, 0.29) is 0 Å². The lowest BCUT2D eigenvalue weighted by atomic mass is 10.1. The largest absolute Gasteiger partial charge is 0.439 e. The van der Waals surface area contributed by atoms with Crippen LogP contribution in [0.25, 0.3) is 0 Å². The first-order valence-electron chi connectivity index (χ1n) is 7.73. The van der Waals surface area contributed by atoms with Gasteiger partial charge in [-0.25, -0.2) is 9.78 Å². The molecule has 0 saturated heterocycles. The SMILES string of the molecule is COCc1cccc(C(=O)Oc2ccc(Oc3ccccn3)cc2)c1. The minimum absolute atomic E-state index is 0.420. The summed E-state index contributed by atoms with van der Waals surface area (Å²) in [5, 5.41) is 0. The Balaban J connectivity index is 1.65. The molecule has 3 aromatic rings. The molecule has 1 aromatic heterocycles. The molecule has 0 bridgehead atoms. The van der Waals surface area contributed by atoms with Crippen LogP contribution in [-0.2, 0) is 11.3 Å². The molecule has 5 heteroatoms. The Labute approximate surface area is 145 Å². The van der Waals surface area contributed by atoms with Crippen LogP contribution in [0.1, 0.15) is 15.9 Å². The van der Waals surface area contributed by atoms with Crippen LogP contribution < -0.4 is 9.47 Å². The van der Waals surface area contributed by atoms with Gasteiger partial charge in [0.15, 0.2) is 0 Å². The molecule has 25 heavy (non-hydrogen) atoms. The number of hydrogen-bond donors (Lipinski definition) is 0. The highest BCUT2D eigenvalue weighted by molar-refractivity contribution is 5.91. The molecule has 5 nitrogen and oxygen atoms in total. The Morgan fingerprint density at radius 1 is 0.960 bits per heavy atom. The van der Waals surface area contributed by atoms with Crippen molar-refractivity contribution in [2.75, 3.05) is 7.11 Å². The quantitative estimate of drug-likeness (QED) is 0.498. The fourth-order valence-corrected chi connectivity index (χ4v) is 2.22. The van der Waals surface area contributed by atoms with E-state index < -0.39 is 5.97 Å². The Bertz CT molecular complexity index is 832. The minimum Gasteiger partial charge on any atom is -0.439 e. The molecule has 0 amide bonds. The molecule has 3 rings (SSSR count). The van der Waals surface area contributed by atoms with Crippen molar-refractivity contribution >= 4 is 5.97 Å². The number of nitrogens with zero attached hydrogens (tertiary/aromatic N) is 1. The van der Waals surface area contributed by atoms with Crippen LogP contribution in [0.2, 0.25) is 0 Å². The molecule has 0 spiro atoms. The summed E-state index contributed by atoms with van der Waals surface area (Å²) in [6.07, 6.45) is 1.66. The predicted molar refractivity (Wildman–Crippen MR) is 92.9 cm³/mol. The Morgan fingerprint density at radius 3 is 2.48 bits per heavy atom. The topological polar surface area (TPSA) is 57.7 Å². The van der Waals surface area contributed by atoms with Crippen molar-refractivity contribution in [1.82, 2.24) is 4.98 Å². The van der Waals surface area contributed by atoms with Crippen LogP contribution in [0, 0.1) is 0 Å². The summed E-state index contributed by atoms with van der Waals surface area (Å²) in [4.78, 5) is 16.3. The van der Waals surface area contributed by atoms with E-state index in [1.807, 2.05) is 18.2 Å². The van der Waals surface area contributed by atoms with E-state index in [2.05, 4.69) is 4.98 Å². The number of rotatable bonds is 6. The van der Waals surface area contributed by atoms with Gasteiger partial charge in [0.25, 0.3) is 0 Å². The second kappa shape index (κ2) is 8.08. The number of ether oxygens (including phenoxy) is 3. The lowest BCUT2D eigenvalue weighted by Crippen LogP contribution is -2.08. The number of carbonyl (C=O) groups excluding carboxylic acids is 1. The minimum atomic E-state index is -0.420. The summed E-state index contributed by atoms with van der Waals surface area (Å²) in [7, 11) is 1.61. The summed E-state index contributed by atoms with van der Waals surface area (Å²) in [6.45, 7) is 0.445. The predicted octanol–water partition coefficient (Wildman–Crippen LogP) is 4.24. The number of methoxy groups -OCH3 is 1. The van der Waals surface area contributed by atoms with E-state index in [0.29, 0.717) is 29.5 Å². The smallest absolute Gasteiger partial charge is 0.343 e. The van der Waals surface area contributed by atoms with E-state index >= 15 is 0 Å². The van der Waals surface area contributed by atoms with Gasteiger partial charge in [-0.3, -0.25) is 0 Å². The number of hydrogen-bond acceptors (Lipinski definition) is 5. The first-order valence-corrected chi connectivity index (χ1v) is 7.73. The summed E-state index contributed by atoms with van der Waals surface area (Å²) in [5.74, 6) is 1.13. The van der Waals surface area contributed by atoms with Crippen molar-refractivity contribution in [3.05, 3.63) is 84.1 Å². The molecule has 0 unspecified atom stereocenters. The fourth-order valence-electron chi connectivity index (χ4n) is 2.22. The third kappa shape index (κ3) is 4.65. The zero-order chi connectivity index (χ0) is 17.5. The lowest BCUT2D eigenvalue weighted by molar-refractivity contribution is 0.0734. The molecule has 0 aliphatic carbocycles. The van der Waals surface area contributed by atoms with Gasteiger partial charge in [-0.1, -0.05) is 18.2 Å². The summed E-state index contributed by atoms with van der Waals surface area (Å²) in [6, 6.07) is 19.4. The molecule has 0 aliphatic rings. The number of esters is 1. The fraction of sp³-hybridized carbons (Fsp3) is 0.100. The first-order chi connectivity index (χ1) is 12.2. The van der Waals surface area contributed by atoms with Gasteiger partial charge in [-0.2, -0.15) is 0 Å². The molecule has 0 atom stereocenters. The van der Waals surface area contributed by atoms with Crippen LogP contribution in [0.5, 0.6) is 17.4 Å². The Hall–Kier alpha value is -3.18. The van der Waals surface area contributed by atoms with Crippen molar-refractivity contribution in [2.24, 2.45) is 0 Å². The van der Waals surface area contributed by atoms with Crippen LogP contribution in [0.15, 0.2) is 72.9 Å². The molecular formula is C20H17NO4. The standard InChI is InChI=1S/C20H17NO4/c1-23-14-15-5-4-6-16(13-15)20(22)25-18-10-8-17(9-11-18)24-19-7-2-3-12-21-19/h2-13H,14H2,1H3. The van der Waals surface area contributed by atoms with E-state index in [1.165, 1.54) is 0 Å². The molecule has 0 saturated carbocycles. The van der Waals surface area contributed by atoms with Gasteiger partial charge in [0, 0.05) is 19.4 Å². The van der Waals surface area contributed by atoms with Crippen LogP contribution in [0.3, 0.4) is 0 Å². The van der Waals surface area contributed by atoms with Crippen molar-refractivity contribution in [3.63, 3.8) is 0 Å². The zero-order valence-electron chi connectivity index (χ0n) is 13.7. The van der Waals surface area contributed by atoms with Gasteiger partial charge in [0.2, 0.25) is 5.88 Å². The number of pyridine rings is 1. The average molecular weight is 335 g/mol. The van der Waals surface area contributed by atoms with Gasteiger partial charge < -0.3 is 14.2 Å². The third-order valence-electron chi connectivity index (χ3n) is 3.37. The maximum absolute atomic E-state index is 12.2. The second-order valence-corrected chi connectivity index (χ2v) is 5.26. The van der Waals surface area contributed by atoms with Crippen molar-refractivity contribution < 1.29 is 19.0 Å². The third-order valence-corrected chi connectivity index (χ3v) is 3.37. The van der Waals surface area contributed by atoms with Crippen LogP contribution >= 0.6 is 0 Å². The zero-order valence-corrected chi connectivity index (χ0v) is 13.7. The highest BCUT2D eigenvalue weighted by Crippen LogP contribution is 2.22. The van der Waals surface area contributed by atoms with Crippen LogP contribution in [0.4, 0.5) is 0 Å². The molecule has 1 heterocycles. The Kier molecular flexibility index (Phi) is 5.39. The average Bonchev–Trinajstić information content (AvgIpc) is 2.65. The maximum Gasteiger partial charge on any atom is 0.343 e. The van der Waals surface area contributed by atoms with Gasteiger partial charge in [0.1, 0.15) is 11.5 Å². The first kappa shape index (κ1) is 16.7. The summed E-state index contributed by atoms with van der Waals surface area (Å²) < 4.78 is 16.1. The van der Waals surface area contributed by atoms with E-state index in [9.17, 15) is 4.79 Å². The molecular weight excluding hydrogens is 318 g/mol. The maximum atomic E-state index is 12.2. The highest BCUT2D eigenvalue weighted by atomic mass is 16.5. The van der Waals surface area contributed by atoms with Crippen molar-refractivity contribution in [2.45, 2.75) is 6.61 Å². The summed E-state index contributed by atoms with van der Waals surface area (Å²) >= 11 is 0. The van der Waals surface area contributed by atoms with Gasteiger partial charge in [-0.15, -0.1) is 0 Å². The summed E-state index contributed by atoms with van der Waals surface area (Å²) in [5.41, 5.74) is 1.39. The monoisotopic (exact) mass is 335 g/mol. The van der Waals surface area contributed by atoms with Gasteiger partial charge in [0.05, 0.1) is 12.2 Å². The number of aromatic nitrogens is 1. The number of benzene rings is 2.